The Balaban J connectivity index is 2.52. The Bertz CT molecular complexity index is 406. The highest BCUT2D eigenvalue weighted by molar-refractivity contribution is 5.92. The molecule has 0 heterocycles. The molecule has 5 heteroatoms. The summed E-state index contributed by atoms with van der Waals surface area (Å²) < 4.78 is 10.4. The maximum Gasteiger partial charge on any atom is 0.228 e. The van der Waals surface area contributed by atoms with Gasteiger partial charge in [0.2, 0.25) is 5.91 Å². The zero-order chi connectivity index (χ0) is 14.8. The Hall–Kier alpha value is -1.43. The summed E-state index contributed by atoms with van der Waals surface area (Å²) in [5.74, 6) is -0.177. The molecule has 5 nitrogen and oxygen atoms in total. The number of benzene rings is 1. The second kappa shape index (κ2) is 9.47. The molecule has 112 valence electrons. The van der Waals surface area contributed by atoms with E-state index in [0.717, 1.165) is 17.7 Å². The summed E-state index contributed by atoms with van der Waals surface area (Å²) in [5, 5.41) is 2.89. The first-order valence-electron chi connectivity index (χ1n) is 6.87. The van der Waals surface area contributed by atoms with E-state index >= 15 is 0 Å². The van der Waals surface area contributed by atoms with E-state index in [-0.39, 0.29) is 11.8 Å². The lowest BCUT2D eigenvalue weighted by molar-refractivity contribution is -0.119. The van der Waals surface area contributed by atoms with Crippen molar-refractivity contribution in [3.8, 4) is 0 Å². The third kappa shape index (κ3) is 5.69. The molecule has 1 unspecified atom stereocenters. The van der Waals surface area contributed by atoms with E-state index in [0.29, 0.717) is 26.4 Å². The molecule has 3 N–H and O–H groups in total. The van der Waals surface area contributed by atoms with E-state index in [1.54, 1.807) is 7.11 Å². The monoisotopic (exact) mass is 280 g/mol. The van der Waals surface area contributed by atoms with Gasteiger partial charge < -0.3 is 20.5 Å². The number of nitrogens with one attached hydrogen (secondary N) is 1. The Labute approximate surface area is 120 Å². The number of carbonyl (C=O) groups excluding carboxylic acids is 1. The van der Waals surface area contributed by atoms with Crippen LogP contribution in [-0.4, -0.2) is 32.8 Å². The van der Waals surface area contributed by atoms with Crippen molar-refractivity contribution in [3.05, 3.63) is 29.8 Å². The van der Waals surface area contributed by atoms with E-state index in [9.17, 15) is 4.79 Å². The minimum absolute atomic E-state index is 0.0348. The van der Waals surface area contributed by atoms with E-state index < -0.39 is 0 Å². The standard InChI is InChI=1S/C15H24N2O3/c1-3-13(10-16)15(18)17-14-6-4-5-12(9-14)11-20-8-7-19-2/h4-6,9,13H,3,7-8,10-11,16H2,1-2H3,(H,17,18). The number of amides is 1. The number of hydrogen-bond acceptors (Lipinski definition) is 4. The molecule has 0 aliphatic carbocycles. The molecule has 0 saturated carbocycles. The van der Waals surface area contributed by atoms with Crippen LogP contribution in [0.2, 0.25) is 0 Å². The topological polar surface area (TPSA) is 73.6 Å². The molecular formula is C15H24N2O3. The highest BCUT2D eigenvalue weighted by Gasteiger charge is 2.14. The van der Waals surface area contributed by atoms with Gasteiger partial charge in [-0.15, -0.1) is 0 Å². The number of anilines is 1. The lowest BCUT2D eigenvalue weighted by atomic mass is 10.1. The summed E-state index contributed by atoms with van der Waals surface area (Å²) in [6, 6.07) is 7.63. The molecule has 0 fully saturated rings. The second-order valence-corrected chi connectivity index (χ2v) is 4.58. The van der Waals surface area contributed by atoms with Crippen LogP contribution in [0.3, 0.4) is 0 Å². The minimum atomic E-state index is -0.142. The maximum absolute atomic E-state index is 11.9. The average Bonchev–Trinajstić information content (AvgIpc) is 2.45. The second-order valence-electron chi connectivity index (χ2n) is 4.58. The fourth-order valence-corrected chi connectivity index (χ4v) is 1.77. The summed E-state index contributed by atoms with van der Waals surface area (Å²) in [4.78, 5) is 11.9. The van der Waals surface area contributed by atoms with Gasteiger partial charge in [0.1, 0.15) is 0 Å². The maximum atomic E-state index is 11.9. The predicted octanol–water partition coefficient (Wildman–Crippen LogP) is 1.77. The SMILES string of the molecule is CCC(CN)C(=O)Nc1cccc(COCCOC)c1. The van der Waals surface area contributed by atoms with Crippen LogP contribution in [0.15, 0.2) is 24.3 Å². The van der Waals surface area contributed by atoms with Crippen molar-refractivity contribution in [2.24, 2.45) is 11.7 Å². The molecule has 0 bridgehead atoms. The molecule has 0 aliphatic heterocycles. The lowest BCUT2D eigenvalue weighted by Gasteiger charge is -2.13. The van der Waals surface area contributed by atoms with Crippen LogP contribution in [-0.2, 0) is 20.9 Å². The van der Waals surface area contributed by atoms with Crippen LogP contribution in [0.5, 0.6) is 0 Å². The van der Waals surface area contributed by atoms with Gasteiger partial charge in [0.05, 0.1) is 25.7 Å². The number of ether oxygens (including phenoxy) is 2. The highest BCUT2D eigenvalue weighted by Crippen LogP contribution is 2.13. The fraction of sp³-hybridized carbons (Fsp3) is 0.533. The van der Waals surface area contributed by atoms with Crippen LogP contribution < -0.4 is 11.1 Å². The van der Waals surface area contributed by atoms with Gasteiger partial charge in [0.25, 0.3) is 0 Å². The Morgan fingerprint density at radius 1 is 1.40 bits per heavy atom. The van der Waals surface area contributed by atoms with Crippen molar-refractivity contribution >= 4 is 11.6 Å². The third-order valence-corrected chi connectivity index (χ3v) is 3.04. The lowest BCUT2D eigenvalue weighted by Crippen LogP contribution is -2.28. The van der Waals surface area contributed by atoms with Gasteiger partial charge >= 0.3 is 0 Å². The molecule has 0 aromatic heterocycles. The number of rotatable bonds is 9. The van der Waals surface area contributed by atoms with Gasteiger partial charge in [0.15, 0.2) is 0 Å². The van der Waals surface area contributed by atoms with Crippen LogP contribution in [0, 0.1) is 5.92 Å². The van der Waals surface area contributed by atoms with Gasteiger partial charge in [-0.1, -0.05) is 19.1 Å². The van der Waals surface area contributed by atoms with Crippen molar-refractivity contribution in [3.63, 3.8) is 0 Å². The Kier molecular flexibility index (Phi) is 7.87. The summed E-state index contributed by atoms with van der Waals surface area (Å²) in [6.45, 7) is 3.95. The van der Waals surface area contributed by atoms with Crippen LogP contribution in [0.4, 0.5) is 5.69 Å². The van der Waals surface area contributed by atoms with Gasteiger partial charge in [0, 0.05) is 19.3 Å². The zero-order valence-electron chi connectivity index (χ0n) is 12.2. The van der Waals surface area contributed by atoms with Crippen LogP contribution in [0.1, 0.15) is 18.9 Å². The van der Waals surface area contributed by atoms with Crippen molar-refractivity contribution in [1.29, 1.82) is 0 Å². The van der Waals surface area contributed by atoms with Gasteiger partial charge in [-0.25, -0.2) is 0 Å². The average molecular weight is 280 g/mol. The van der Waals surface area contributed by atoms with E-state index in [1.807, 2.05) is 31.2 Å². The first kappa shape index (κ1) is 16.6. The van der Waals surface area contributed by atoms with Crippen molar-refractivity contribution in [2.45, 2.75) is 20.0 Å². The van der Waals surface area contributed by atoms with Gasteiger partial charge in [-0.05, 0) is 24.1 Å². The molecule has 20 heavy (non-hydrogen) atoms. The van der Waals surface area contributed by atoms with Gasteiger partial charge in [-0.2, -0.15) is 0 Å². The molecule has 0 saturated heterocycles. The summed E-state index contributed by atoms with van der Waals surface area (Å²) in [5.41, 5.74) is 7.36. The van der Waals surface area contributed by atoms with E-state index in [2.05, 4.69) is 5.32 Å². The summed E-state index contributed by atoms with van der Waals surface area (Å²) >= 11 is 0. The predicted molar refractivity (Wildman–Crippen MR) is 79.4 cm³/mol. The largest absolute Gasteiger partial charge is 0.382 e. The molecule has 0 radical (unpaired) electrons. The van der Waals surface area contributed by atoms with Crippen LogP contribution in [0.25, 0.3) is 0 Å². The molecule has 0 aliphatic rings. The quantitative estimate of drug-likeness (QED) is 0.676. The number of methoxy groups -OCH3 is 1. The molecule has 1 aromatic rings. The van der Waals surface area contributed by atoms with Crippen molar-refractivity contribution < 1.29 is 14.3 Å². The first-order chi connectivity index (χ1) is 9.71. The fourth-order valence-electron chi connectivity index (χ4n) is 1.77. The molecule has 1 amide bonds. The molecular weight excluding hydrogens is 256 g/mol. The van der Waals surface area contributed by atoms with Crippen LogP contribution >= 0.6 is 0 Å². The Morgan fingerprint density at radius 3 is 2.85 bits per heavy atom. The van der Waals surface area contributed by atoms with Crippen molar-refractivity contribution in [2.75, 3.05) is 32.2 Å². The number of nitrogens with two attached hydrogens (primary N) is 1. The Morgan fingerprint density at radius 2 is 2.20 bits per heavy atom. The zero-order valence-corrected chi connectivity index (χ0v) is 12.2. The molecule has 1 atom stereocenters. The summed E-state index contributed by atoms with van der Waals surface area (Å²) in [6.07, 6.45) is 0.738. The molecule has 1 rings (SSSR count). The molecule has 1 aromatic carbocycles. The van der Waals surface area contributed by atoms with Gasteiger partial charge in [-0.3, -0.25) is 4.79 Å². The number of carbonyl (C=O) groups is 1. The molecule has 0 spiro atoms. The normalized spacial score (nSPS) is 12.2. The number of hydrogen-bond donors (Lipinski definition) is 2. The smallest absolute Gasteiger partial charge is 0.228 e. The third-order valence-electron chi connectivity index (χ3n) is 3.04. The highest BCUT2D eigenvalue weighted by atomic mass is 16.5. The van der Waals surface area contributed by atoms with E-state index in [1.165, 1.54) is 0 Å². The van der Waals surface area contributed by atoms with Crippen molar-refractivity contribution in [1.82, 2.24) is 0 Å². The summed E-state index contributed by atoms with van der Waals surface area (Å²) in [7, 11) is 1.64. The first-order valence-corrected chi connectivity index (χ1v) is 6.87. The minimum Gasteiger partial charge on any atom is -0.382 e. The van der Waals surface area contributed by atoms with E-state index in [4.69, 9.17) is 15.2 Å².